The molecule has 0 unspecified atom stereocenters. The average Bonchev–Trinajstić information content (AvgIpc) is 2.73. The van der Waals surface area contributed by atoms with Crippen LogP contribution in [-0.2, 0) is 21.4 Å². The number of carbonyl (C=O) groups excluding carboxylic acids is 1. The molecule has 7 heteroatoms. The molecule has 1 N–H and O–H groups in total. The lowest BCUT2D eigenvalue weighted by molar-refractivity contribution is 0.0473. The topological polar surface area (TPSA) is 72.5 Å². The van der Waals surface area contributed by atoms with Gasteiger partial charge in [-0.25, -0.2) is 17.6 Å². The molecule has 154 valence electrons. The van der Waals surface area contributed by atoms with Crippen molar-refractivity contribution in [2.45, 2.75) is 18.4 Å². The third-order valence-electron chi connectivity index (χ3n) is 4.51. The number of halogens is 1. The molecule has 0 bridgehead atoms. The average molecular weight is 425 g/mol. The minimum atomic E-state index is -4.26. The number of sulfonamides is 1. The number of rotatable bonds is 7. The summed E-state index contributed by atoms with van der Waals surface area (Å²) in [5.74, 6) is -1.59. The molecule has 0 heterocycles. The van der Waals surface area contributed by atoms with Gasteiger partial charge in [0.05, 0.1) is 11.3 Å². The van der Waals surface area contributed by atoms with E-state index in [9.17, 15) is 17.6 Å². The van der Waals surface area contributed by atoms with Crippen LogP contribution < -0.4 is 4.72 Å². The van der Waals surface area contributed by atoms with Crippen molar-refractivity contribution in [3.05, 3.63) is 101 Å². The fraction of sp³-hybridized carbons (Fsp3) is 0.0870. The molecule has 3 rings (SSSR count). The Morgan fingerprint density at radius 2 is 1.73 bits per heavy atom. The van der Waals surface area contributed by atoms with E-state index >= 15 is 0 Å². The largest absolute Gasteiger partial charge is 0.457 e. The van der Waals surface area contributed by atoms with E-state index in [0.29, 0.717) is 11.1 Å². The maximum absolute atomic E-state index is 14.0. The Bertz CT molecular complexity index is 1190. The van der Waals surface area contributed by atoms with Crippen LogP contribution >= 0.6 is 0 Å². The van der Waals surface area contributed by atoms with Crippen molar-refractivity contribution >= 4 is 27.8 Å². The molecular weight excluding hydrogens is 405 g/mol. The van der Waals surface area contributed by atoms with Crippen LogP contribution in [0, 0.1) is 12.7 Å². The van der Waals surface area contributed by atoms with Gasteiger partial charge >= 0.3 is 5.97 Å². The van der Waals surface area contributed by atoms with Crippen LogP contribution in [0.25, 0.3) is 6.08 Å². The van der Waals surface area contributed by atoms with Crippen molar-refractivity contribution < 1.29 is 22.3 Å². The van der Waals surface area contributed by atoms with Crippen molar-refractivity contribution in [3.8, 4) is 0 Å². The summed E-state index contributed by atoms with van der Waals surface area (Å²) in [5.41, 5.74) is 1.98. The van der Waals surface area contributed by atoms with Gasteiger partial charge in [0.25, 0.3) is 10.0 Å². The summed E-state index contributed by atoms with van der Waals surface area (Å²) in [6.07, 6.45) is 1.55. The third kappa shape index (κ3) is 4.58. The van der Waals surface area contributed by atoms with Crippen LogP contribution in [0.2, 0.25) is 0 Å². The van der Waals surface area contributed by atoms with Crippen LogP contribution in [0.1, 0.15) is 27.0 Å². The summed E-state index contributed by atoms with van der Waals surface area (Å²) >= 11 is 0. The number of hydrogen-bond acceptors (Lipinski definition) is 4. The fourth-order valence-corrected chi connectivity index (χ4v) is 4.11. The van der Waals surface area contributed by atoms with Crippen LogP contribution in [0.4, 0.5) is 10.1 Å². The maximum Gasteiger partial charge on any atom is 0.340 e. The first kappa shape index (κ1) is 21.3. The summed E-state index contributed by atoms with van der Waals surface area (Å²) in [5, 5.41) is 0. The lowest BCUT2D eigenvalue weighted by Gasteiger charge is -2.16. The molecule has 5 nitrogen and oxygen atoms in total. The Hall–Kier alpha value is -3.45. The summed E-state index contributed by atoms with van der Waals surface area (Å²) < 4.78 is 47.2. The Balaban J connectivity index is 1.97. The minimum absolute atomic E-state index is 0.000542. The number of carbonyl (C=O) groups is 1. The number of esters is 1. The van der Waals surface area contributed by atoms with Crippen LogP contribution in [0.15, 0.2) is 78.2 Å². The number of hydrogen-bond donors (Lipinski definition) is 1. The highest BCUT2D eigenvalue weighted by Crippen LogP contribution is 2.28. The zero-order valence-corrected chi connectivity index (χ0v) is 17.1. The van der Waals surface area contributed by atoms with Gasteiger partial charge in [0.2, 0.25) is 0 Å². The number of ether oxygens (including phenoxy) is 1. The van der Waals surface area contributed by atoms with E-state index in [-0.39, 0.29) is 17.9 Å². The van der Waals surface area contributed by atoms with Gasteiger partial charge < -0.3 is 4.74 Å². The van der Waals surface area contributed by atoms with Crippen LogP contribution in [0.5, 0.6) is 0 Å². The molecule has 0 aliphatic heterocycles. The minimum Gasteiger partial charge on any atom is -0.457 e. The van der Waals surface area contributed by atoms with Gasteiger partial charge in [-0.05, 0) is 41.8 Å². The molecule has 0 saturated carbocycles. The first-order valence-electron chi connectivity index (χ1n) is 9.08. The van der Waals surface area contributed by atoms with E-state index in [1.807, 2.05) is 30.3 Å². The molecular formula is C23H20FNO4S. The molecule has 30 heavy (non-hydrogen) atoms. The standard InChI is InChI=1S/C23H20FNO4S/c1-3-18-13-14-20(25-30(27,28)21-12-8-7-11-19(21)24)22(16(18)2)23(26)29-15-17-9-5-4-6-10-17/h3-14,25H,1,15H2,2H3. The molecule has 0 atom stereocenters. The smallest absolute Gasteiger partial charge is 0.340 e. The summed E-state index contributed by atoms with van der Waals surface area (Å²) in [4.78, 5) is 12.3. The highest BCUT2D eigenvalue weighted by Gasteiger charge is 2.24. The normalized spacial score (nSPS) is 11.0. The van der Waals surface area contributed by atoms with E-state index in [0.717, 1.165) is 17.7 Å². The zero-order valence-electron chi connectivity index (χ0n) is 16.3. The molecule has 0 saturated heterocycles. The van der Waals surface area contributed by atoms with Gasteiger partial charge in [0, 0.05) is 0 Å². The Morgan fingerprint density at radius 1 is 1.07 bits per heavy atom. The summed E-state index contributed by atoms with van der Waals surface area (Å²) in [6, 6.07) is 17.2. The number of anilines is 1. The van der Waals surface area contributed by atoms with Crippen LogP contribution in [0.3, 0.4) is 0 Å². The Kier molecular flexibility index (Phi) is 6.32. The van der Waals surface area contributed by atoms with Crippen molar-refractivity contribution in [1.29, 1.82) is 0 Å². The van der Waals surface area contributed by atoms with Crippen molar-refractivity contribution in [2.24, 2.45) is 0 Å². The lowest BCUT2D eigenvalue weighted by Crippen LogP contribution is -2.18. The van der Waals surface area contributed by atoms with E-state index in [2.05, 4.69) is 11.3 Å². The van der Waals surface area contributed by atoms with Crippen molar-refractivity contribution in [2.75, 3.05) is 4.72 Å². The monoisotopic (exact) mass is 425 g/mol. The number of benzene rings is 3. The van der Waals surface area contributed by atoms with Gasteiger partial charge in [-0.3, -0.25) is 4.72 Å². The molecule has 0 aliphatic rings. The van der Waals surface area contributed by atoms with E-state index in [1.54, 1.807) is 19.1 Å². The predicted molar refractivity (Wildman–Crippen MR) is 114 cm³/mol. The highest BCUT2D eigenvalue weighted by molar-refractivity contribution is 7.92. The Labute approximate surface area is 174 Å². The summed E-state index contributed by atoms with van der Waals surface area (Å²) in [6.45, 7) is 5.40. The van der Waals surface area contributed by atoms with Crippen LogP contribution in [-0.4, -0.2) is 14.4 Å². The molecule has 0 radical (unpaired) electrons. The van der Waals surface area contributed by atoms with Crippen molar-refractivity contribution in [1.82, 2.24) is 0 Å². The SMILES string of the molecule is C=Cc1ccc(NS(=O)(=O)c2ccccc2F)c(C(=O)OCc2ccccc2)c1C. The fourth-order valence-electron chi connectivity index (χ4n) is 2.95. The lowest BCUT2D eigenvalue weighted by atomic mass is 10.0. The van der Waals surface area contributed by atoms with E-state index < -0.39 is 26.7 Å². The van der Waals surface area contributed by atoms with Gasteiger partial charge in [-0.2, -0.15) is 0 Å². The van der Waals surface area contributed by atoms with E-state index in [1.165, 1.54) is 18.2 Å². The molecule has 3 aromatic rings. The Morgan fingerprint density at radius 3 is 2.40 bits per heavy atom. The molecule has 0 aliphatic carbocycles. The number of nitrogens with one attached hydrogen (secondary N) is 1. The molecule has 3 aromatic carbocycles. The van der Waals surface area contributed by atoms with Gasteiger partial charge in [0.15, 0.2) is 0 Å². The molecule has 0 spiro atoms. The second kappa shape index (κ2) is 8.92. The first-order chi connectivity index (χ1) is 14.3. The molecule has 0 amide bonds. The van der Waals surface area contributed by atoms with Gasteiger partial charge in [-0.15, -0.1) is 0 Å². The second-order valence-corrected chi connectivity index (χ2v) is 8.15. The van der Waals surface area contributed by atoms with Crippen molar-refractivity contribution in [3.63, 3.8) is 0 Å². The molecule has 0 fully saturated rings. The quantitative estimate of drug-likeness (QED) is 0.545. The highest BCUT2D eigenvalue weighted by atomic mass is 32.2. The van der Waals surface area contributed by atoms with Gasteiger partial charge in [0.1, 0.15) is 17.3 Å². The third-order valence-corrected chi connectivity index (χ3v) is 5.91. The molecule has 0 aromatic heterocycles. The van der Waals surface area contributed by atoms with E-state index in [4.69, 9.17) is 4.74 Å². The zero-order chi connectivity index (χ0) is 21.7. The second-order valence-electron chi connectivity index (χ2n) is 6.50. The predicted octanol–water partition coefficient (Wildman–Crippen LogP) is 4.93. The van der Waals surface area contributed by atoms with Gasteiger partial charge in [-0.1, -0.05) is 61.2 Å². The summed E-state index contributed by atoms with van der Waals surface area (Å²) in [7, 11) is -4.26. The first-order valence-corrected chi connectivity index (χ1v) is 10.6. The maximum atomic E-state index is 14.0.